The number of hydrogen-bond donors (Lipinski definition) is 2. The van der Waals surface area contributed by atoms with Crippen LogP contribution in [0.1, 0.15) is 22.3 Å². The van der Waals surface area contributed by atoms with Crippen LogP contribution in [0.3, 0.4) is 0 Å². The van der Waals surface area contributed by atoms with Crippen LogP contribution in [0, 0.1) is 18.3 Å². The molecule has 8 nitrogen and oxygen atoms in total. The molecule has 10 heteroatoms. The van der Waals surface area contributed by atoms with Crippen LogP contribution in [0.25, 0.3) is 6.08 Å². The van der Waals surface area contributed by atoms with E-state index in [1.165, 1.54) is 4.57 Å². The van der Waals surface area contributed by atoms with E-state index >= 15 is 0 Å². The van der Waals surface area contributed by atoms with E-state index in [-0.39, 0.29) is 14.8 Å². The molecule has 1 aliphatic rings. The van der Waals surface area contributed by atoms with Crippen LogP contribution in [0.5, 0.6) is 0 Å². The molecular weight excluding hydrogens is 436 g/mol. The van der Waals surface area contributed by atoms with E-state index in [1.54, 1.807) is 20.0 Å². The van der Waals surface area contributed by atoms with Crippen molar-refractivity contribution in [1.82, 2.24) is 9.47 Å². The van der Waals surface area contributed by atoms with Crippen molar-refractivity contribution in [3.8, 4) is 6.07 Å². The molecule has 3 rings (SSSR count). The summed E-state index contributed by atoms with van der Waals surface area (Å²) in [6.45, 7) is 1.52. The fourth-order valence-electron chi connectivity index (χ4n) is 3.13. The first-order valence-corrected chi connectivity index (χ1v) is 10.4. The van der Waals surface area contributed by atoms with E-state index in [4.69, 9.17) is 17.3 Å². The third kappa shape index (κ3) is 4.52. The number of benzene rings is 1. The van der Waals surface area contributed by atoms with Gasteiger partial charge in [-0.15, -0.1) is 0 Å². The quantitative estimate of drug-likeness (QED) is 0.505. The van der Waals surface area contributed by atoms with Crippen LogP contribution in [0.15, 0.2) is 40.0 Å². The Bertz CT molecular complexity index is 1210. The molecule has 158 valence electrons. The lowest BCUT2D eigenvalue weighted by Crippen LogP contribution is -2.33. The Kier molecular flexibility index (Phi) is 6.58. The highest BCUT2D eigenvalue weighted by Crippen LogP contribution is 2.34. The van der Waals surface area contributed by atoms with Gasteiger partial charge in [0.25, 0.3) is 11.5 Å². The Morgan fingerprint density at radius 3 is 2.61 bits per heavy atom. The lowest BCUT2D eigenvalue weighted by atomic mass is 10.0. The molecule has 1 aromatic carbocycles. The zero-order valence-electron chi connectivity index (χ0n) is 16.7. The van der Waals surface area contributed by atoms with Crippen molar-refractivity contribution in [2.45, 2.75) is 13.5 Å². The van der Waals surface area contributed by atoms with E-state index in [1.807, 2.05) is 36.4 Å². The number of amides is 1. The SMILES string of the molecule is Cc1c(/C=C2/SC(=S)N(CC(=O)O)C2=O)c(NCc2ccccc2)n(C)c(=O)c1C#N. The molecule has 1 saturated heterocycles. The number of nitriles is 1. The second-order valence-electron chi connectivity index (χ2n) is 6.74. The van der Waals surface area contributed by atoms with Gasteiger partial charge in [-0.25, -0.2) is 0 Å². The second kappa shape index (κ2) is 9.16. The molecule has 2 heterocycles. The van der Waals surface area contributed by atoms with Gasteiger partial charge in [-0.3, -0.25) is 23.9 Å². The molecule has 1 fully saturated rings. The van der Waals surface area contributed by atoms with Crippen LogP contribution in [0.2, 0.25) is 0 Å². The van der Waals surface area contributed by atoms with Gasteiger partial charge in [0.15, 0.2) is 0 Å². The fraction of sp³-hybridized carbons (Fsp3) is 0.190. The van der Waals surface area contributed by atoms with E-state index in [9.17, 15) is 19.6 Å². The van der Waals surface area contributed by atoms with Crippen LogP contribution >= 0.6 is 24.0 Å². The normalized spacial score (nSPS) is 14.7. The summed E-state index contributed by atoms with van der Waals surface area (Å²) in [5.74, 6) is -1.26. The van der Waals surface area contributed by atoms with Gasteiger partial charge in [-0.05, 0) is 24.1 Å². The van der Waals surface area contributed by atoms with Crippen molar-refractivity contribution in [1.29, 1.82) is 5.26 Å². The highest BCUT2D eigenvalue weighted by atomic mass is 32.2. The Hall–Kier alpha value is -3.42. The van der Waals surface area contributed by atoms with Gasteiger partial charge in [-0.1, -0.05) is 54.3 Å². The summed E-state index contributed by atoms with van der Waals surface area (Å²) in [5.41, 5.74) is 1.41. The molecule has 1 amide bonds. The molecule has 0 aliphatic carbocycles. The summed E-state index contributed by atoms with van der Waals surface area (Å²) < 4.78 is 1.47. The molecule has 1 aliphatic heterocycles. The van der Waals surface area contributed by atoms with Gasteiger partial charge in [0, 0.05) is 19.2 Å². The zero-order valence-corrected chi connectivity index (χ0v) is 18.3. The number of pyridine rings is 1. The number of thiocarbonyl (C=S) groups is 1. The molecule has 2 aromatic rings. The molecule has 0 bridgehead atoms. The van der Waals surface area contributed by atoms with Gasteiger partial charge < -0.3 is 10.4 Å². The Labute approximate surface area is 187 Å². The van der Waals surface area contributed by atoms with E-state index in [2.05, 4.69) is 5.32 Å². The van der Waals surface area contributed by atoms with Crippen LogP contribution in [0.4, 0.5) is 5.82 Å². The molecule has 0 atom stereocenters. The number of carboxylic acid groups (broad SMARTS) is 1. The highest BCUT2D eigenvalue weighted by molar-refractivity contribution is 8.26. The predicted octanol–water partition coefficient (Wildman–Crippen LogP) is 2.46. The first-order chi connectivity index (χ1) is 14.7. The molecule has 1 aromatic heterocycles. The Morgan fingerprint density at radius 2 is 2.00 bits per heavy atom. The van der Waals surface area contributed by atoms with Crippen molar-refractivity contribution in [2.24, 2.45) is 7.05 Å². The van der Waals surface area contributed by atoms with Crippen LogP contribution in [-0.2, 0) is 23.2 Å². The highest BCUT2D eigenvalue weighted by Gasteiger charge is 2.34. The summed E-state index contributed by atoms with van der Waals surface area (Å²) >= 11 is 6.13. The third-order valence-corrected chi connectivity index (χ3v) is 6.12. The van der Waals surface area contributed by atoms with Gasteiger partial charge in [0.05, 0.1) is 4.91 Å². The molecule has 2 N–H and O–H groups in total. The smallest absolute Gasteiger partial charge is 0.323 e. The minimum atomic E-state index is -1.17. The zero-order chi connectivity index (χ0) is 22.7. The van der Waals surface area contributed by atoms with Crippen molar-refractivity contribution in [2.75, 3.05) is 11.9 Å². The summed E-state index contributed by atoms with van der Waals surface area (Å²) in [4.78, 5) is 37.6. The average molecular weight is 455 g/mol. The minimum Gasteiger partial charge on any atom is -0.480 e. The third-order valence-electron chi connectivity index (χ3n) is 4.75. The van der Waals surface area contributed by atoms with Gasteiger partial charge in [0.1, 0.15) is 28.3 Å². The minimum absolute atomic E-state index is 0.0278. The largest absolute Gasteiger partial charge is 0.480 e. The predicted molar refractivity (Wildman–Crippen MR) is 122 cm³/mol. The topological polar surface area (TPSA) is 115 Å². The number of hydrogen-bond acceptors (Lipinski definition) is 7. The number of carbonyl (C=O) groups excluding carboxylic acids is 1. The van der Waals surface area contributed by atoms with E-state index in [0.29, 0.717) is 23.5 Å². The molecule has 0 spiro atoms. The van der Waals surface area contributed by atoms with Gasteiger partial charge in [-0.2, -0.15) is 5.26 Å². The summed E-state index contributed by atoms with van der Waals surface area (Å²) in [6, 6.07) is 11.5. The Morgan fingerprint density at radius 1 is 1.32 bits per heavy atom. The van der Waals surface area contributed by atoms with Gasteiger partial charge >= 0.3 is 5.97 Å². The number of thioether (sulfide) groups is 1. The molecule has 0 saturated carbocycles. The van der Waals surface area contributed by atoms with Crippen molar-refractivity contribution in [3.05, 3.63) is 67.8 Å². The van der Waals surface area contributed by atoms with Crippen molar-refractivity contribution >= 4 is 52.1 Å². The number of carbonyl (C=O) groups is 2. The average Bonchev–Trinajstić information content (AvgIpc) is 3.00. The number of nitrogens with zero attached hydrogens (tertiary/aromatic N) is 3. The summed E-state index contributed by atoms with van der Waals surface area (Å²) in [7, 11) is 1.54. The van der Waals surface area contributed by atoms with Crippen molar-refractivity contribution < 1.29 is 14.7 Å². The maximum absolute atomic E-state index is 12.7. The van der Waals surface area contributed by atoms with E-state index < -0.39 is 24.0 Å². The molecular formula is C21H18N4O4S2. The number of aliphatic carboxylic acids is 1. The maximum atomic E-state index is 12.7. The first kappa shape index (κ1) is 22.3. The van der Waals surface area contributed by atoms with Gasteiger partial charge in [0.2, 0.25) is 0 Å². The van der Waals surface area contributed by atoms with E-state index in [0.717, 1.165) is 22.2 Å². The van der Waals surface area contributed by atoms with Crippen LogP contribution < -0.4 is 10.9 Å². The number of rotatable bonds is 6. The van der Waals surface area contributed by atoms with Crippen LogP contribution in [-0.4, -0.2) is 37.3 Å². The molecule has 0 radical (unpaired) electrons. The number of aromatic nitrogens is 1. The summed E-state index contributed by atoms with van der Waals surface area (Å²) in [5, 5.41) is 21.7. The number of nitrogens with one attached hydrogen (secondary N) is 1. The molecule has 0 unspecified atom stereocenters. The lowest BCUT2D eigenvalue weighted by molar-refractivity contribution is -0.140. The fourth-order valence-corrected chi connectivity index (χ4v) is 4.37. The Balaban J connectivity index is 2.09. The molecule has 31 heavy (non-hydrogen) atoms. The maximum Gasteiger partial charge on any atom is 0.323 e. The number of carboxylic acids is 1. The first-order valence-electron chi connectivity index (χ1n) is 9.13. The standard InChI is InChI=1S/C21H18N4O4S2/c1-12-14(8-16-20(29)25(11-17(26)27)21(30)31-16)18(24(2)19(28)15(12)9-22)23-10-13-6-4-3-5-7-13/h3-8,23H,10-11H2,1-2H3,(H,26,27)/b16-8+. The summed E-state index contributed by atoms with van der Waals surface area (Å²) in [6.07, 6.45) is 1.55. The number of anilines is 1. The lowest BCUT2D eigenvalue weighted by Gasteiger charge is -2.18. The monoisotopic (exact) mass is 454 g/mol. The second-order valence-corrected chi connectivity index (χ2v) is 8.41. The van der Waals surface area contributed by atoms with Crippen molar-refractivity contribution in [3.63, 3.8) is 0 Å².